The first-order chi connectivity index (χ1) is 7.35. The SMILES string of the molecule is O=S1(=O)CCC(CNS(=O)(=O)CCCO)C1. The first kappa shape index (κ1) is 13.9. The van der Waals surface area contributed by atoms with Crippen LogP contribution >= 0.6 is 0 Å². The molecule has 2 N–H and O–H groups in total. The van der Waals surface area contributed by atoms with Gasteiger partial charge in [0.25, 0.3) is 0 Å². The van der Waals surface area contributed by atoms with E-state index >= 15 is 0 Å². The van der Waals surface area contributed by atoms with E-state index < -0.39 is 19.9 Å². The summed E-state index contributed by atoms with van der Waals surface area (Å²) in [6.07, 6.45) is 0.711. The monoisotopic (exact) mass is 271 g/mol. The van der Waals surface area contributed by atoms with E-state index in [-0.39, 0.29) is 42.7 Å². The number of hydrogen-bond donors (Lipinski definition) is 2. The Morgan fingerprint density at radius 3 is 2.56 bits per heavy atom. The molecule has 0 aliphatic carbocycles. The van der Waals surface area contributed by atoms with Gasteiger partial charge in [0.1, 0.15) is 0 Å². The van der Waals surface area contributed by atoms with Gasteiger partial charge < -0.3 is 5.11 Å². The van der Waals surface area contributed by atoms with Gasteiger partial charge in [0.05, 0.1) is 17.3 Å². The lowest BCUT2D eigenvalue weighted by Crippen LogP contribution is -2.32. The zero-order chi connectivity index (χ0) is 12.2. The van der Waals surface area contributed by atoms with Gasteiger partial charge in [-0.15, -0.1) is 0 Å². The van der Waals surface area contributed by atoms with E-state index in [4.69, 9.17) is 5.11 Å². The number of hydrogen-bond acceptors (Lipinski definition) is 5. The summed E-state index contributed by atoms with van der Waals surface area (Å²) in [7, 11) is -6.33. The maximum Gasteiger partial charge on any atom is 0.211 e. The summed E-state index contributed by atoms with van der Waals surface area (Å²) in [5, 5.41) is 8.51. The van der Waals surface area contributed by atoms with Crippen LogP contribution in [0, 0.1) is 5.92 Å². The molecule has 0 aromatic heterocycles. The minimum Gasteiger partial charge on any atom is -0.396 e. The van der Waals surface area contributed by atoms with Crippen molar-refractivity contribution >= 4 is 19.9 Å². The highest BCUT2D eigenvalue weighted by Gasteiger charge is 2.28. The predicted octanol–water partition coefficient (Wildman–Crippen LogP) is -1.28. The molecule has 1 unspecified atom stereocenters. The van der Waals surface area contributed by atoms with Crippen molar-refractivity contribution in [2.24, 2.45) is 5.92 Å². The van der Waals surface area contributed by atoms with Gasteiger partial charge in [-0.25, -0.2) is 21.6 Å². The van der Waals surface area contributed by atoms with Gasteiger partial charge in [0.2, 0.25) is 10.0 Å². The molecular weight excluding hydrogens is 254 g/mol. The van der Waals surface area contributed by atoms with Crippen molar-refractivity contribution in [2.75, 3.05) is 30.4 Å². The Hall–Kier alpha value is -0.180. The van der Waals surface area contributed by atoms with Crippen LogP contribution in [0.4, 0.5) is 0 Å². The Labute approximate surface area is 96.0 Å². The number of sulfonamides is 1. The molecule has 0 saturated carbocycles. The minimum absolute atomic E-state index is 0.0650. The Balaban J connectivity index is 2.35. The molecule has 0 aromatic carbocycles. The van der Waals surface area contributed by atoms with Crippen molar-refractivity contribution in [2.45, 2.75) is 12.8 Å². The number of aliphatic hydroxyl groups excluding tert-OH is 1. The van der Waals surface area contributed by atoms with Gasteiger partial charge >= 0.3 is 0 Å². The minimum atomic E-state index is -3.37. The smallest absolute Gasteiger partial charge is 0.211 e. The largest absolute Gasteiger partial charge is 0.396 e. The van der Waals surface area contributed by atoms with Crippen LogP contribution in [0.1, 0.15) is 12.8 Å². The van der Waals surface area contributed by atoms with E-state index in [0.717, 1.165) is 0 Å². The van der Waals surface area contributed by atoms with Crippen LogP contribution in [0.25, 0.3) is 0 Å². The van der Waals surface area contributed by atoms with Crippen molar-refractivity contribution in [3.8, 4) is 0 Å². The lowest BCUT2D eigenvalue weighted by Gasteiger charge is -2.09. The number of sulfone groups is 1. The summed E-state index contributed by atoms with van der Waals surface area (Å²) in [6, 6.07) is 0. The zero-order valence-corrected chi connectivity index (χ0v) is 10.6. The molecule has 16 heavy (non-hydrogen) atoms. The van der Waals surface area contributed by atoms with Crippen molar-refractivity contribution in [1.82, 2.24) is 4.72 Å². The van der Waals surface area contributed by atoms with Crippen LogP contribution < -0.4 is 4.72 Å². The highest BCUT2D eigenvalue weighted by molar-refractivity contribution is 7.91. The van der Waals surface area contributed by atoms with Crippen LogP contribution in [0.15, 0.2) is 0 Å². The van der Waals surface area contributed by atoms with Gasteiger partial charge in [-0.2, -0.15) is 0 Å². The quantitative estimate of drug-likeness (QED) is 0.627. The van der Waals surface area contributed by atoms with Crippen LogP contribution in [-0.2, 0) is 19.9 Å². The first-order valence-corrected chi connectivity index (χ1v) is 8.60. The molecule has 1 rings (SSSR count). The summed E-state index contributed by atoms with van der Waals surface area (Å²) < 4.78 is 47.3. The second-order valence-electron chi connectivity index (χ2n) is 4.01. The van der Waals surface area contributed by atoms with Gasteiger partial charge in [-0.05, 0) is 18.8 Å². The molecule has 1 aliphatic rings. The van der Waals surface area contributed by atoms with Crippen LogP contribution in [0.3, 0.4) is 0 Å². The Kier molecular flexibility index (Phi) is 4.72. The summed E-state index contributed by atoms with van der Waals surface area (Å²) >= 11 is 0. The van der Waals surface area contributed by atoms with Gasteiger partial charge in [0.15, 0.2) is 9.84 Å². The third-order valence-corrected chi connectivity index (χ3v) is 5.76. The summed E-state index contributed by atoms with van der Waals surface area (Å²) in [5.41, 5.74) is 0. The molecule has 0 radical (unpaired) electrons. The van der Waals surface area contributed by atoms with Gasteiger partial charge in [0, 0.05) is 13.2 Å². The second-order valence-corrected chi connectivity index (χ2v) is 8.17. The molecule has 1 heterocycles. The zero-order valence-electron chi connectivity index (χ0n) is 8.92. The maximum atomic E-state index is 11.3. The lowest BCUT2D eigenvalue weighted by molar-refractivity contribution is 0.295. The summed E-state index contributed by atoms with van der Waals surface area (Å²) in [4.78, 5) is 0. The van der Waals surface area contributed by atoms with Crippen LogP contribution in [0.2, 0.25) is 0 Å². The van der Waals surface area contributed by atoms with Crippen molar-refractivity contribution < 1.29 is 21.9 Å². The molecule has 1 fully saturated rings. The third kappa shape index (κ3) is 4.77. The van der Waals surface area contributed by atoms with E-state index in [1.54, 1.807) is 0 Å². The number of rotatable bonds is 6. The molecule has 6 nitrogen and oxygen atoms in total. The molecule has 1 aliphatic heterocycles. The van der Waals surface area contributed by atoms with Crippen LogP contribution in [0.5, 0.6) is 0 Å². The predicted molar refractivity (Wildman–Crippen MR) is 60.3 cm³/mol. The number of aliphatic hydroxyl groups is 1. The molecule has 0 spiro atoms. The molecule has 0 aromatic rings. The van der Waals surface area contributed by atoms with E-state index in [2.05, 4.69) is 4.72 Å². The van der Waals surface area contributed by atoms with E-state index in [1.165, 1.54) is 0 Å². The average Bonchev–Trinajstić information content (AvgIpc) is 2.53. The standard InChI is InChI=1S/C8H17NO5S2/c10-3-1-4-16(13,14)9-6-8-2-5-15(11,12)7-8/h8-10H,1-7H2. The molecule has 0 amide bonds. The maximum absolute atomic E-state index is 11.3. The molecule has 1 saturated heterocycles. The fourth-order valence-electron chi connectivity index (χ4n) is 1.60. The van der Waals surface area contributed by atoms with E-state index in [0.29, 0.717) is 6.42 Å². The molecule has 8 heteroatoms. The summed E-state index contributed by atoms with van der Waals surface area (Å²) in [5.74, 6) is -0.0250. The third-order valence-electron chi connectivity index (χ3n) is 2.49. The van der Waals surface area contributed by atoms with Crippen LogP contribution in [-0.4, -0.2) is 52.4 Å². The fraction of sp³-hybridized carbons (Fsp3) is 1.00. The molecule has 1 atom stereocenters. The normalized spacial score (nSPS) is 24.7. The van der Waals surface area contributed by atoms with E-state index in [1.807, 2.05) is 0 Å². The van der Waals surface area contributed by atoms with Gasteiger partial charge in [-0.3, -0.25) is 0 Å². The molecule has 96 valence electrons. The first-order valence-electron chi connectivity index (χ1n) is 5.13. The number of nitrogens with one attached hydrogen (secondary N) is 1. The van der Waals surface area contributed by atoms with Crippen molar-refractivity contribution in [3.05, 3.63) is 0 Å². The van der Waals surface area contributed by atoms with Crippen molar-refractivity contribution in [1.29, 1.82) is 0 Å². The average molecular weight is 271 g/mol. The topological polar surface area (TPSA) is 101 Å². The highest BCUT2D eigenvalue weighted by Crippen LogP contribution is 2.17. The molecule has 0 bridgehead atoms. The summed E-state index contributed by atoms with van der Waals surface area (Å²) in [6.45, 7) is 0.00566. The second kappa shape index (κ2) is 5.44. The van der Waals surface area contributed by atoms with Gasteiger partial charge in [-0.1, -0.05) is 0 Å². The fourth-order valence-corrected chi connectivity index (χ4v) is 4.61. The highest BCUT2D eigenvalue weighted by atomic mass is 32.2. The van der Waals surface area contributed by atoms with Crippen molar-refractivity contribution in [3.63, 3.8) is 0 Å². The van der Waals surface area contributed by atoms with E-state index in [9.17, 15) is 16.8 Å². The Bertz CT molecular complexity index is 414. The Morgan fingerprint density at radius 1 is 1.38 bits per heavy atom. The lowest BCUT2D eigenvalue weighted by atomic mass is 10.1. The Morgan fingerprint density at radius 2 is 2.06 bits per heavy atom. The molecular formula is C8H17NO5S2.